The zero-order valence-electron chi connectivity index (χ0n) is 14.1. The Morgan fingerprint density at radius 1 is 1.00 bits per heavy atom. The largest absolute Gasteiger partial charge is 0.311 e. The predicted octanol–water partition coefficient (Wildman–Crippen LogP) is 4.05. The third kappa shape index (κ3) is 4.36. The van der Waals surface area contributed by atoms with Gasteiger partial charge in [-0.3, -0.25) is 9.59 Å². The number of anilines is 2. The van der Waals surface area contributed by atoms with E-state index in [2.05, 4.69) is 0 Å². The van der Waals surface area contributed by atoms with E-state index in [4.69, 9.17) is 11.6 Å². The number of carbonyl (C=O) groups excluding carboxylic acids is 2. The summed E-state index contributed by atoms with van der Waals surface area (Å²) < 4.78 is 0. The molecule has 0 atom stereocenters. The van der Waals surface area contributed by atoms with Crippen LogP contribution in [0.5, 0.6) is 0 Å². The molecule has 0 bridgehead atoms. The molecule has 126 valence electrons. The number of carbonyl (C=O) groups is 2. The van der Waals surface area contributed by atoms with Gasteiger partial charge in [0.2, 0.25) is 11.8 Å². The fourth-order valence-electron chi connectivity index (χ4n) is 2.52. The molecule has 2 amide bonds. The van der Waals surface area contributed by atoms with Gasteiger partial charge in [0.05, 0.1) is 0 Å². The van der Waals surface area contributed by atoms with Crippen LogP contribution in [0.4, 0.5) is 11.4 Å². The third-order valence-electron chi connectivity index (χ3n) is 3.74. The van der Waals surface area contributed by atoms with Crippen LogP contribution in [0.15, 0.2) is 48.5 Å². The van der Waals surface area contributed by atoms with Crippen LogP contribution < -0.4 is 9.80 Å². The molecule has 0 saturated carbocycles. The van der Waals surface area contributed by atoms with Crippen molar-refractivity contribution in [3.8, 4) is 0 Å². The molecule has 0 fully saturated rings. The van der Waals surface area contributed by atoms with E-state index in [1.54, 1.807) is 29.2 Å². The lowest BCUT2D eigenvalue weighted by atomic mass is 10.2. The van der Waals surface area contributed by atoms with Gasteiger partial charge in [-0.25, -0.2) is 0 Å². The molecule has 2 rings (SSSR count). The van der Waals surface area contributed by atoms with E-state index in [0.29, 0.717) is 17.3 Å². The second-order valence-corrected chi connectivity index (χ2v) is 6.00. The Bertz CT molecular complexity index is 728. The highest BCUT2D eigenvalue weighted by Crippen LogP contribution is 2.20. The van der Waals surface area contributed by atoms with Crippen molar-refractivity contribution in [2.24, 2.45) is 0 Å². The molecule has 0 aromatic heterocycles. The van der Waals surface area contributed by atoms with Crippen LogP contribution in [0.25, 0.3) is 0 Å². The second kappa shape index (κ2) is 7.97. The van der Waals surface area contributed by atoms with Crippen LogP contribution in [0.3, 0.4) is 0 Å². The summed E-state index contributed by atoms with van der Waals surface area (Å²) in [4.78, 5) is 27.9. The number of aryl methyl sites for hydroxylation is 1. The van der Waals surface area contributed by atoms with Crippen LogP contribution in [-0.2, 0) is 9.59 Å². The smallest absolute Gasteiger partial charge is 0.247 e. The average Bonchev–Trinajstić information content (AvgIpc) is 2.54. The monoisotopic (exact) mass is 344 g/mol. The van der Waals surface area contributed by atoms with E-state index in [-0.39, 0.29) is 18.4 Å². The van der Waals surface area contributed by atoms with Crippen LogP contribution in [0.1, 0.15) is 19.4 Å². The van der Waals surface area contributed by atoms with Crippen LogP contribution in [0, 0.1) is 6.92 Å². The molecule has 0 unspecified atom stereocenters. The number of nitrogens with zero attached hydrogens (tertiary/aromatic N) is 2. The number of rotatable bonds is 5. The summed E-state index contributed by atoms with van der Waals surface area (Å²) >= 11 is 5.89. The maximum atomic E-state index is 12.7. The molecule has 0 heterocycles. The number of halogens is 1. The molecule has 0 radical (unpaired) electrons. The Labute approximate surface area is 147 Å². The third-order valence-corrected chi connectivity index (χ3v) is 3.99. The van der Waals surface area contributed by atoms with Crippen molar-refractivity contribution in [2.75, 3.05) is 22.9 Å². The summed E-state index contributed by atoms with van der Waals surface area (Å²) in [5, 5.41) is 0.587. The highest BCUT2D eigenvalue weighted by molar-refractivity contribution is 6.30. The van der Waals surface area contributed by atoms with Crippen molar-refractivity contribution in [3.63, 3.8) is 0 Å². The number of likely N-dealkylation sites (N-methyl/N-ethyl adjacent to an activating group) is 1. The average molecular weight is 345 g/mol. The Kier molecular flexibility index (Phi) is 5.99. The fourth-order valence-corrected chi connectivity index (χ4v) is 2.65. The van der Waals surface area contributed by atoms with Crippen molar-refractivity contribution in [3.05, 3.63) is 59.1 Å². The Hall–Kier alpha value is -2.33. The summed E-state index contributed by atoms with van der Waals surface area (Å²) in [5.74, 6) is -0.320. The quantitative estimate of drug-likeness (QED) is 0.820. The zero-order valence-corrected chi connectivity index (χ0v) is 14.9. The summed E-state index contributed by atoms with van der Waals surface area (Å²) in [6.45, 7) is 5.87. The van der Waals surface area contributed by atoms with Gasteiger partial charge in [-0.2, -0.15) is 0 Å². The molecule has 0 aliphatic heterocycles. The van der Waals surface area contributed by atoms with E-state index < -0.39 is 0 Å². The van der Waals surface area contributed by atoms with Crippen molar-refractivity contribution in [2.45, 2.75) is 20.8 Å². The number of benzene rings is 2. The Balaban J connectivity index is 2.23. The van der Waals surface area contributed by atoms with Crippen LogP contribution >= 0.6 is 11.6 Å². The molecule has 24 heavy (non-hydrogen) atoms. The molecule has 0 aliphatic carbocycles. The highest BCUT2D eigenvalue weighted by atomic mass is 35.5. The van der Waals surface area contributed by atoms with E-state index >= 15 is 0 Å². The van der Waals surface area contributed by atoms with Gasteiger partial charge in [0, 0.05) is 29.9 Å². The zero-order chi connectivity index (χ0) is 17.7. The Morgan fingerprint density at radius 2 is 1.67 bits per heavy atom. The van der Waals surface area contributed by atoms with Crippen LogP contribution in [-0.4, -0.2) is 24.9 Å². The topological polar surface area (TPSA) is 40.6 Å². The van der Waals surface area contributed by atoms with E-state index in [1.165, 1.54) is 11.8 Å². The molecular weight excluding hydrogens is 324 g/mol. The van der Waals surface area contributed by atoms with Gasteiger partial charge in [0.25, 0.3) is 0 Å². The first-order valence-corrected chi connectivity index (χ1v) is 8.21. The summed E-state index contributed by atoms with van der Waals surface area (Å²) in [6, 6.07) is 14.6. The predicted molar refractivity (Wildman–Crippen MR) is 98.7 cm³/mol. The standard InChI is InChI=1S/C19H21ClN2O2/c1-4-21(18-7-5-6-14(2)12-18)19(24)13-22(15(3)23)17-10-8-16(20)9-11-17/h5-12H,4,13H2,1-3H3. The van der Waals surface area contributed by atoms with Gasteiger partial charge in [0.1, 0.15) is 6.54 Å². The van der Waals surface area contributed by atoms with Gasteiger partial charge in [0.15, 0.2) is 0 Å². The van der Waals surface area contributed by atoms with Crippen LogP contribution in [0.2, 0.25) is 5.02 Å². The lowest BCUT2D eigenvalue weighted by molar-refractivity contribution is -0.121. The van der Waals surface area contributed by atoms with Crippen molar-refractivity contribution in [1.29, 1.82) is 0 Å². The number of amides is 2. The first-order valence-electron chi connectivity index (χ1n) is 7.83. The lowest BCUT2D eigenvalue weighted by Crippen LogP contribution is -2.42. The van der Waals surface area contributed by atoms with Gasteiger partial charge < -0.3 is 9.80 Å². The highest BCUT2D eigenvalue weighted by Gasteiger charge is 2.20. The fraction of sp³-hybridized carbons (Fsp3) is 0.263. The molecule has 2 aromatic rings. The van der Waals surface area contributed by atoms with E-state index in [9.17, 15) is 9.59 Å². The Morgan fingerprint density at radius 3 is 2.21 bits per heavy atom. The lowest BCUT2D eigenvalue weighted by Gasteiger charge is -2.26. The number of hydrogen-bond acceptors (Lipinski definition) is 2. The molecule has 4 nitrogen and oxygen atoms in total. The van der Waals surface area contributed by atoms with E-state index in [0.717, 1.165) is 11.3 Å². The molecule has 0 spiro atoms. The SMILES string of the molecule is CCN(C(=O)CN(C(C)=O)c1ccc(Cl)cc1)c1cccc(C)c1. The van der Waals surface area contributed by atoms with Gasteiger partial charge in [-0.15, -0.1) is 0 Å². The molecule has 2 aromatic carbocycles. The normalized spacial score (nSPS) is 10.3. The summed E-state index contributed by atoms with van der Waals surface area (Å²) in [5.41, 5.74) is 2.57. The minimum Gasteiger partial charge on any atom is -0.311 e. The molecule has 5 heteroatoms. The minimum absolute atomic E-state index is 0.0151. The number of hydrogen-bond donors (Lipinski definition) is 0. The first-order chi connectivity index (χ1) is 11.4. The molecule has 0 saturated heterocycles. The van der Waals surface area contributed by atoms with Crippen molar-refractivity contribution < 1.29 is 9.59 Å². The van der Waals surface area contributed by atoms with Gasteiger partial charge in [-0.05, 0) is 55.8 Å². The van der Waals surface area contributed by atoms with Gasteiger partial charge in [-0.1, -0.05) is 23.7 Å². The van der Waals surface area contributed by atoms with E-state index in [1.807, 2.05) is 38.1 Å². The molecule has 0 aliphatic rings. The molecular formula is C19H21ClN2O2. The first kappa shape index (κ1) is 18.0. The maximum absolute atomic E-state index is 12.7. The summed E-state index contributed by atoms with van der Waals surface area (Å²) in [6.07, 6.45) is 0. The van der Waals surface area contributed by atoms with Crippen molar-refractivity contribution in [1.82, 2.24) is 0 Å². The second-order valence-electron chi connectivity index (χ2n) is 5.56. The van der Waals surface area contributed by atoms with Gasteiger partial charge >= 0.3 is 0 Å². The molecule has 0 N–H and O–H groups in total. The summed E-state index contributed by atoms with van der Waals surface area (Å²) in [7, 11) is 0. The maximum Gasteiger partial charge on any atom is 0.247 e. The minimum atomic E-state index is -0.189. The van der Waals surface area contributed by atoms with Crippen molar-refractivity contribution >= 4 is 34.8 Å².